The second-order valence-electron chi connectivity index (χ2n) is 16.0. The Morgan fingerprint density at radius 1 is 0.962 bits per heavy atom. The monoisotopic (exact) mass is 744 g/mol. The summed E-state index contributed by atoms with van der Waals surface area (Å²) in [5.41, 5.74) is 1.29. The predicted octanol–water partition coefficient (Wildman–Crippen LogP) is 5.44. The van der Waals surface area contributed by atoms with Gasteiger partial charge in [-0.2, -0.15) is 0 Å². The molecule has 53 heavy (non-hydrogen) atoms. The Hall–Kier alpha value is -3.15. The van der Waals surface area contributed by atoms with Gasteiger partial charge in [0, 0.05) is 52.5 Å². The molecule has 0 bridgehead atoms. The van der Waals surface area contributed by atoms with Crippen LogP contribution in [0.4, 0.5) is 0 Å². The summed E-state index contributed by atoms with van der Waals surface area (Å²) in [6.45, 7) is 16.0. The highest BCUT2D eigenvalue weighted by atomic mass is 16.5. The minimum Gasteiger partial charge on any atom is -0.469 e. The molecule has 1 heterocycles. The van der Waals surface area contributed by atoms with E-state index in [2.05, 4.69) is 12.2 Å². The van der Waals surface area contributed by atoms with Crippen LogP contribution in [0.5, 0.6) is 0 Å². The van der Waals surface area contributed by atoms with Crippen LogP contribution in [0.15, 0.2) is 24.3 Å². The smallest absolute Gasteiger partial charge is 0.309 e. The van der Waals surface area contributed by atoms with Gasteiger partial charge < -0.3 is 29.3 Å². The summed E-state index contributed by atoms with van der Waals surface area (Å²) in [6.07, 6.45) is 1.53. The number of esters is 1. The zero-order chi connectivity index (χ0) is 40.2. The van der Waals surface area contributed by atoms with E-state index in [1.165, 1.54) is 7.11 Å². The molecule has 2 rings (SSSR count). The van der Waals surface area contributed by atoms with Crippen LogP contribution in [-0.2, 0) is 44.6 Å². The minimum atomic E-state index is -0.761. The third kappa shape index (κ3) is 12.2. The van der Waals surface area contributed by atoms with E-state index in [9.17, 15) is 24.0 Å². The molecule has 1 aliphatic heterocycles. The van der Waals surface area contributed by atoms with E-state index in [-0.39, 0.29) is 60.5 Å². The molecule has 300 valence electrons. The van der Waals surface area contributed by atoms with Crippen molar-refractivity contribution in [2.75, 3.05) is 42.0 Å². The number of likely N-dealkylation sites (tertiary alicyclic amines) is 1. The number of nitrogens with one attached hydrogen (secondary N) is 1. The number of ketones is 2. The summed E-state index contributed by atoms with van der Waals surface area (Å²) in [7, 11) is 7.96. The molecule has 1 fully saturated rings. The number of amides is 2. The highest BCUT2D eigenvalue weighted by Crippen LogP contribution is 2.32. The van der Waals surface area contributed by atoms with Crippen LogP contribution in [0.25, 0.3) is 0 Å². The van der Waals surface area contributed by atoms with Gasteiger partial charge in [0.15, 0.2) is 5.78 Å². The number of carbonyl (C=O) groups excluding carboxylic acids is 5. The van der Waals surface area contributed by atoms with Gasteiger partial charge in [-0.1, -0.05) is 70.9 Å². The number of benzene rings is 1. The van der Waals surface area contributed by atoms with Crippen molar-refractivity contribution in [2.45, 2.75) is 130 Å². The Morgan fingerprint density at radius 2 is 1.58 bits per heavy atom. The Kier molecular flexibility index (Phi) is 18.3. The molecule has 0 saturated carbocycles. The van der Waals surface area contributed by atoms with Crippen LogP contribution in [0.2, 0.25) is 0 Å². The zero-order valence-corrected chi connectivity index (χ0v) is 34.8. The lowest BCUT2D eigenvalue weighted by Gasteiger charge is -2.41. The summed E-state index contributed by atoms with van der Waals surface area (Å²) in [5, 5.41) is 3.05. The van der Waals surface area contributed by atoms with Crippen LogP contribution >= 0.6 is 0 Å². The summed E-state index contributed by atoms with van der Waals surface area (Å²) < 4.78 is 17.1. The highest BCUT2D eigenvalue weighted by Gasteiger charge is 2.43. The van der Waals surface area contributed by atoms with Gasteiger partial charge in [-0.3, -0.25) is 24.0 Å². The number of hydrogen-bond acceptors (Lipinski definition) is 9. The van der Waals surface area contributed by atoms with E-state index in [1.54, 1.807) is 38.1 Å². The van der Waals surface area contributed by atoms with Gasteiger partial charge in [-0.05, 0) is 64.5 Å². The molecule has 11 nitrogen and oxygen atoms in total. The molecule has 0 aliphatic carbocycles. The maximum Gasteiger partial charge on any atom is 0.309 e. The molecule has 1 aromatic carbocycles. The van der Waals surface area contributed by atoms with Crippen molar-refractivity contribution in [1.82, 2.24) is 15.1 Å². The van der Waals surface area contributed by atoms with Gasteiger partial charge in [-0.25, -0.2) is 0 Å². The number of methoxy groups -OCH3 is 3. The van der Waals surface area contributed by atoms with E-state index in [4.69, 9.17) is 14.2 Å². The van der Waals surface area contributed by atoms with Gasteiger partial charge in [0.05, 0.1) is 49.3 Å². The van der Waals surface area contributed by atoms with Crippen LogP contribution in [0.3, 0.4) is 0 Å². The Balaban J connectivity index is 2.28. The zero-order valence-electron chi connectivity index (χ0n) is 34.8. The molecule has 0 spiro atoms. The number of likely N-dealkylation sites (N-methyl/N-ethyl adjacent to an activating group) is 2. The molecule has 1 aromatic rings. The molecule has 2 amide bonds. The lowest BCUT2D eigenvalue weighted by molar-refractivity contribution is -0.150. The molecule has 1 N–H and O–H groups in total. The van der Waals surface area contributed by atoms with Crippen LogP contribution < -0.4 is 5.32 Å². The largest absolute Gasteiger partial charge is 0.469 e. The summed E-state index contributed by atoms with van der Waals surface area (Å²) in [4.78, 5) is 71.6. The predicted molar refractivity (Wildman–Crippen MR) is 207 cm³/mol. The van der Waals surface area contributed by atoms with E-state index in [0.717, 1.165) is 24.0 Å². The van der Waals surface area contributed by atoms with Gasteiger partial charge in [-0.15, -0.1) is 0 Å². The standard InChI is InChI=1S/C42H69N3O8/c1-14-28(5)38(44(10)40(49)32(26(2)3)24-36(47)42(7,8)43-9)35(51-11)25-37(48)45-21-15-16-33(45)39(52-12)29(6)34(46)23-31(41(50)53-13)22-30-19-17-27(4)18-20-30/h17-20,26,28-29,31-33,35,38-39,43H,14-16,21-25H2,1-13H3. The second-order valence-corrected chi connectivity index (χ2v) is 16.0. The molecule has 8 unspecified atom stereocenters. The summed E-state index contributed by atoms with van der Waals surface area (Å²) >= 11 is 0. The first-order chi connectivity index (χ1) is 24.9. The average molecular weight is 744 g/mol. The average Bonchev–Trinajstić information content (AvgIpc) is 3.62. The number of Topliss-reactive ketones (excluding diaryl/α,β-unsaturated/α-hetero) is 2. The van der Waals surface area contributed by atoms with Crippen molar-refractivity contribution in [3.05, 3.63) is 35.4 Å². The normalized spacial score (nSPS) is 18.8. The van der Waals surface area contributed by atoms with E-state index >= 15 is 0 Å². The quantitative estimate of drug-likeness (QED) is 0.154. The number of rotatable bonds is 22. The van der Waals surface area contributed by atoms with Gasteiger partial charge in [0.2, 0.25) is 11.8 Å². The van der Waals surface area contributed by atoms with Crippen LogP contribution in [-0.4, -0.2) is 111 Å². The molecular weight excluding hydrogens is 674 g/mol. The van der Waals surface area contributed by atoms with Crippen LogP contribution in [0, 0.1) is 36.5 Å². The Morgan fingerprint density at radius 3 is 2.09 bits per heavy atom. The first-order valence-corrected chi connectivity index (χ1v) is 19.4. The molecule has 1 saturated heterocycles. The van der Waals surface area contributed by atoms with Crippen LogP contribution in [0.1, 0.15) is 98.1 Å². The molecule has 1 aliphatic rings. The van der Waals surface area contributed by atoms with Gasteiger partial charge in [0.1, 0.15) is 5.78 Å². The number of nitrogens with zero attached hydrogens (tertiary/aromatic N) is 2. The van der Waals surface area contributed by atoms with Crippen molar-refractivity contribution < 1.29 is 38.2 Å². The fraction of sp³-hybridized carbons (Fsp3) is 0.738. The molecule has 11 heteroatoms. The fourth-order valence-electron chi connectivity index (χ4n) is 7.65. The Labute approximate surface area is 319 Å². The van der Waals surface area contributed by atoms with Crippen molar-refractivity contribution in [3.63, 3.8) is 0 Å². The van der Waals surface area contributed by atoms with E-state index < -0.39 is 47.5 Å². The van der Waals surface area contributed by atoms with Crippen molar-refractivity contribution in [3.8, 4) is 0 Å². The summed E-state index contributed by atoms with van der Waals surface area (Å²) in [6, 6.07) is 7.12. The summed E-state index contributed by atoms with van der Waals surface area (Å²) in [5.74, 6) is -2.69. The molecular formula is C42H69N3O8. The third-order valence-electron chi connectivity index (χ3n) is 11.8. The van der Waals surface area contributed by atoms with Crippen molar-refractivity contribution in [1.29, 1.82) is 0 Å². The lowest BCUT2D eigenvalue weighted by atomic mass is 9.83. The fourth-order valence-corrected chi connectivity index (χ4v) is 7.65. The maximum absolute atomic E-state index is 14.2. The first kappa shape index (κ1) is 46.0. The topological polar surface area (TPSA) is 132 Å². The van der Waals surface area contributed by atoms with Crippen molar-refractivity contribution in [2.24, 2.45) is 29.6 Å². The SMILES string of the molecule is CCC(C)C(C(CC(=O)N1CCCC1C(OC)C(C)C(=O)CC(Cc1ccc(C)cc1)C(=O)OC)OC)N(C)C(=O)C(CC(=O)C(C)(C)NC)C(C)C. The third-order valence-corrected chi connectivity index (χ3v) is 11.8. The number of carbonyl (C=O) groups is 5. The molecule has 0 radical (unpaired) electrons. The van der Waals surface area contributed by atoms with E-state index in [1.807, 2.05) is 72.7 Å². The maximum atomic E-state index is 14.2. The molecule has 8 atom stereocenters. The minimum absolute atomic E-state index is 0.000344. The number of aryl methyl sites for hydroxylation is 1. The lowest BCUT2D eigenvalue weighted by Crippen LogP contribution is -2.54. The van der Waals surface area contributed by atoms with Crippen molar-refractivity contribution >= 4 is 29.4 Å². The van der Waals surface area contributed by atoms with Gasteiger partial charge in [0.25, 0.3) is 0 Å². The van der Waals surface area contributed by atoms with E-state index in [0.29, 0.717) is 19.4 Å². The Bertz CT molecular complexity index is 1360. The van der Waals surface area contributed by atoms with Gasteiger partial charge >= 0.3 is 5.97 Å². The number of ether oxygens (including phenoxy) is 3. The molecule has 0 aromatic heterocycles. The number of hydrogen-bond donors (Lipinski definition) is 1. The highest BCUT2D eigenvalue weighted by molar-refractivity contribution is 5.92. The first-order valence-electron chi connectivity index (χ1n) is 19.4. The second kappa shape index (κ2) is 21.1.